The number of nitrogens with one attached hydrogen (secondary N) is 1. The lowest BCUT2D eigenvalue weighted by molar-refractivity contribution is -0.121. The lowest BCUT2D eigenvalue weighted by Crippen LogP contribution is -2.38. The number of rotatable bonds is 8. The number of carbonyl (C=O) groups excluding carboxylic acids is 1. The highest BCUT2D eigenvalue weighted by atomic mass is 79.9. The first-order valence-electron chi connectivity index (χ1n) is 7.06. The van der Waals surface area contributed by atoms with Crippen molar-refractivity contribution in [2.45, 2.75) is 31.7 Å². The van der Waals surface area contributed by atoms with Gasteiger partial charge >= 0.3 is 0 Å². The molecular weight excluding hydrogens is 320 g/mol. The molecule has 1 aromatic carbocycles. The summed E-state index contributed by atoms with van der Waals surface area (Å²) in [6.45, 7) is 1.13. The Balaban J connectivity index is 1.54. The highest BCUT2D eigenvalue weighted by molar-refractivity contribution is 9.10. The van der Waals surface area contributed by atoms with Crippen molar-refractivity contribution >= 4 is 21.8 Å². The summed E-state index contributed by atoms with van der Waals surface area (Å²) in [4.78, 5) is 11.6. The molecule has 1 amide bonds. The maximum absolute atomic E-state index is 11.6. The normalized spacial score (nSPS) is 15.7. The van der Waals surface area contributed by atoms with Gasteiger partial charge in [-0.1, -0.05) is 22.0 Å². The SMILES string of the molecule is NC(CNC(=O)CCCOc1cccc(Br)c1)C1CC1. The average molecular weight is 341 g/mol. The number of carbonyl (C=O) groups is 1. The zero-order chi connectivity index (χ0) is 14.4. The van der Waals surface area contributed by atoms with Crippen LogP contribution in [0.1, 0.15) is 25.7 Å². The van der Waals surface area contributed by atoms with Gasteiger partial charge in [-0.3, -0.25) is 4.79 Å². The first kappa shape index (κ1) is 15.3. The molecule has 0 aliphatic heterocycles. The van der Waals surface area contributed by atoms with E-state index in [-0.39, 0.29) is 11.9 Å². The summed E-state index contributed by atoms with van der Waals surface area (Å²) >= 11 is 3.39. The number of hydrogen-bond acceptors (Lipinski definition) is 3. The van der Waals surface area contributed by atoms with Gasteiger partial charge in [-0.05, 0) is 43.4 Å². The fourth-order valence-corrected chi connectivity index (χ4v) is 2.37. The minimum Gasteiger partial charge on any atom is -0.494 e. The Morgan fingerprint density at radius 1 is 1.50 bits per heavy atom. The molecule has 4 nitrogen and oxygen atoms in total. The van der Waals surface area contributed by atoms with E-state index in [2.05, 4.69) is 21.2 Å². The topological polar surface area (TPSA) is 64.3 Å². The third-order valence-electron chi connectivity index (χ3n) is 3.38. The summed E-state index contributed by atoms with van der Waals surface area (Å²) in [6, 6.07) is 7.81. The van der Waals surface area contributed by atoms with Crippen LogP contribution in [0.15, 0.2) is 28.7 Å². The molecule has 20 heavy (non-hydrogen) atoms. The van der Waals surface area contributed by atoms with Crippen LogP contribution >= 0.6 is 15.9 Å². The summed E-state index contributed by atoms with van der Waals surface area (Å²) in [5, 5.41) is 2.88. The quantitative estimate of drug-likeness (QED) is 0.714. The zero-order valence-electron chi connectivity index (χ0n) is 11.5. The number of halogens is 1. The van der Waals surface area contributed by atoms with E-state index in [9.17, 15) is 4.79 Å². The van der Waals surface area contributed by atoms with E-state index in [1.807, 2.05) is 24.3 Å². The standard InChI is InChI=1S/C15H21BrN2O2/c16-12-3-1-4-13(9-12)20-8-2-5-15(19)18-10-14(17)11-6-7-11/h1,3-4,9,11,14H,2,5-8,10,17H2,(H,18,19). The molecule has 1 aliphatic rings. The molecule has 0 aromatic heterocycles. The molecule has 1 atom stereocenters. The van der Waals surface area contributed by atoms with Crippen LogP contribution in [0.4, 0.5) is 0 Å². The van der Waals surface area contributed by atoms with Crippen molar-refractivity contribution in [1.82, 2.24) is 5.32 Å². The smallest absolute Gasteiger partial charge is 0.220 e. The maximum Gasteiger partial charge on any atom is 0.220 e. The van der Waals surface area contributed by atoms with Crippen LogP contribution in [-0.2, 0) is 4.79 Å². The van der Waals surface area contributed by atoms with Crippen LogP contribution in [0.5, 0.6) is 5.75 Å². The second-order valence-electron chi connectivity index (χ2n) is 5.21. The first-order valence-corrected chi connectivity index (χ1v) is 7.85. The van der Waals surface area contributed by atoms with Crippen LogP contribution in [0, 0.1) is 5.92 Å². The van der Waals surface area contributed by atoms with E-state index in [0.717, 1.165) is 10.2 Å². The van der Waals surface area contributed by atoms with Crippen molar-refractivity contribution in [3.05, 3.63) is 28.7 Å². The van der Waals surface area contributed by atoms with Gasteiger partial charge in [0.25, 0.3) is 0 Å². The molecule has 0 bridgehead atoms. The van der Waals surface area contributed by atoms with E-state index in [1.54, 1.807) is 0 Å². The second-order valence-corrected chi connectivity index (χ2v) is 6.13. The minimum absolute atomic E-state index is 0.0546. The van der Waals surface area contributed by atoms with Crippen LogP contribution in [0.2, 0.25) is 0 Å². The van der Waals surface area contributed by atoms with Crippen molar-refractivity contribution in [3.8, 4) is 5.75 Å². The molecule has 110 valence electrons. The number of benzene rings is 1. The van der Waals surface area contributed by atoms with Gasteiger partial charge in [-0.25, -0.2) is 0 Å². The molecule has 0 heterocycles. The largest absolute Gasteiger partial charge is 0.494 e. The Morgan fingerprint density at radius 2 is 2.30 bits per heavy atom. The van der Waals surface area contributed by atoms with Gasteiger partial charge in [-0.15, -0.1) is 0 Å². The van der Waals surface area contributed by atoms with E-state index >= 15 is 0 Å². The fraction of sp³-hybridized carbons (Fsp3) is 0.533. The summed E-state index contributed by atoms with van der Waals surface area (Å²) in [7, 11) is 0. The number of nitrogens with two attached hydrogens (primary N) is 1. The Kier molecular flexibility index (Phi) is 5.86. The van der Waals surface area contributed by atoms with Gasteiger partial charge in [0.1, 0.15) is 5.75 Å². The van der Waals surface area contributed by atoms with Gasteiger partial charge in [0, 0.05) is 23.5 Å². The lowest BCUT2D eigenvalue weighted by atomic mass is 10.2. The first-order chi connectivity index (χ1) is 9.65. The summed E-state index contributed by atoms with van der Waals surface area (Å²) in [5.74, 6) is 1.49. The summed E-state index contributed by atoms with van der Waals surface area (Å²) in [6.07, 6.45) is 3.59. The Hall–Kier alpha value is -1.07. The second kappa shape index (κ2) is 7.64. The minimum atomic E-state index is 0.0546. The van der Waals surface area contributed by atoms with E-state index in [0.29, 0.717) is 31.9 Å². The number of hydrogen-bond donors (Lipinski definition) is 2. The molecule has 1 saturated carbocycles. The molecular formula is C15H21BrN2O2. The molecule has 0 saturated heterocycles. The highest BCUT2D eigenvalue weighted by Crippen LogP contribution is 2.31. The molecule has 5 heteroatoms. The average Bonchev–Trinajstić information content (AvgIpc) is 3.25. The molecule has 1 aliphatic carbocycles. The van der Waals surface area contributed by atoms with E-state index in [1.165, 1.54) is 12.8 Å². The van der Waals surface area contributed by atoms with Crippen molar-refractivity contribution in [1.29, 1.82) is 0 Å². The third kappa shape index (κ3) is 5.51. The third-order valence-corrected chi connectivity index (χ3v) is 3.87. The van der Waals surface area contributed by atoms with E-state index < -0.39 is 0 Å². The van der Waals surface area contributed by atoms with Crippen LogP contribution in [0.3, 0.4) is 0 Å². The molecule has 1 aromatic rings. The fourth-order valence-electron chi connectivity index (χ4n) is 1.99. The maximum atomic E-state index is 11.6. The van der Waals surface area contributed by atoms with Gasteiger partial charge in [0.15, 0.2) is 0 Å². The monoisotopic (exact) mass is 340 g/mol. The molecule has 0 spiro atoms. The van der Waals surface area contributed by atoms with E-state index in [4.69, 9.17) is 10.5 Å². The highest BCUT2D eigenvalue weighted by Gasteiger charge is 2.28. The number of amides is 1. The predicted octanol–water partition coefficient (Wildman–Crippen LogP) is 2.46. The van der Waals surface area contributed by atoms with Crippen LogP contribution < -0.4 is 15.8 Å². The van der Waals surface area contributed by atoms with Crippen molar-refractivity contribution in [2.75, 3.05) is 13.2 Å². The van der Waals surface area contributed by atoms with Gasteiger partial charge in [-0.2, -0.15) is 0 Å². The lowest BCUT2D eigenvalue weighted by Gasteiger charge is -2.11. The summed E-state index contributed by atoms with van der Waals surface area (Å²) < 4.78 is 6.56. The van der Waals surface area contributed by atoms with Crippen LogP contribution in [0.25, 0.3) is 0 Å². The molecule has 3 N–H and O–H groups in total. The van der Waals surface area contributed by atoms with Gasteiger partial charge < -0.3 is 15.8 Å². The number of ether oxygens (including phenoxy) is 1. The van der Waals surface area contributed by atoms with Crippen molar-refractivity contribution < 1.29 is 9.53 Å². The zero-order valence-corrected chi connectivity index (χ0v) is 13.1. The Bertz CT molecular complexity index is 449. The molecule has 2 rings (SSSR count). The summed E-state index contributed by atoms with van der Waals surface area (Å²) in [5.41, 5.74) is 5.93. The van der Waals surface area contributed by atoms with Crippen molar-refractivity contribution in [3.63, 3.8) is 0 Å². The van der Waals surface area contributed by atoms with Gasteiger partial charge in [0.2, 0.25) is 5.91 Å². The van der Waals surface area contributed by atoms with Crippen LogP contribution in [-0.4, -0.2) is 25.1 Å². The van der Waals surface area contributed by atoms with Gasteiger partial charge in [0.05, 0.1) is 6.61 Å². The predicted molar refractivity (Wildman–Crippen MR) is 82.6 cm³/mol. The Labute approximate surface area is 128 Å². The van der Waals surface area contributed by atoms with Crippen molar-refractivity contribution in [2.24, 2.45) is 11.7 Å². The Morgan fingerprint density at radius 3 is 3.00 bits per heavy atom. The molecule has 1 fully saturated rings. The molecule has 1 unspecified atom stereocenters. The molecule has 0 radical (unpaired) electrons.